The third kappa shape index (κ3) is 7.30. The maximum atomic E-state index is 10.8. The quantitative estimate of drug-likeness (QED) is 0.671. The molecule has 0 rings (SSSR count). The molecule has 15 heavy (non-hydrogen) atoms. The van der Waals surface area contributed by atoms with E-state index in [1.807, 2.05) is 13.8 Å². The summed E-state index contributed by atoms with van der Waals surface area (Å²) in [6.45, 7) is 5.61. The molecule has 0 radical (unpaired) electrons. The van der Waals surface area contributed by atoms with Crippen LogP contribution in [0.5, 0.6) is 0 Å². The first-order chi connectivity index (χ1) is 7.10. The van der Waals surface area contributed by atoms with E-state index in [1.165, 1.54) is 21.1 Å². The third-order valence-electron chi connectivity index (χ3n) is 1.59. The summed E-state index contributed by atoms with van der Waals surface area (Å²) in [5.74, 6) is -0.219. The number of rotatable bonds is 6. The van der Waals surface area contributed by atoms with Crippen LogP contribution >= 0.6 is 0 Å². The number of carbonyl (C=O) groups is 1. The molecule has 0 saturated heterocycles. The van der Waals surface area contributed by atoms with Gasteiger partial charge in [-0.1, -0.05) is 13.8 Å². The summed E-state index contributed by atoms with van der Waals surface area (Å²) >= 11 is 0. The van der Waals surface area contributed by atoms with Crippen molar-refractivity contribution in [3.05, 3.63) is 0 Å². The van der Waals surface area contributed by atoms with Crippen molar-refractivity contribution in [1.82, 2.24) is 5.32 Å². The fourth-order valence-electron chi connectivity index (χ4n) is 1.17. The van der Waals surface area contributed by atoms with Crippen molar-refractivity contribution in [2.24, 2.45) is 0 Å². The molecule has 0 unspecified atom stereocenters. The lowest BCUT2D eigenvalue weighted by atomic mass is 10.0. The van der Waals surface area contributed by atoms with Crippen LogP contribution < -0.4 is 5.32 Å². The van der Waals surface area contributed by atoms with Crippen molar-refractivity contribution in [3.8, 4) is 0 Å². The first kappa shape index (κ1) is 16.8. The van der Waals surface area contributed by atoms with Crippen molar-refractivity contribution >= 4 is 5.91 Å². The molecule has 0 aromatic heterocycles. The summed E-state index contributed by atoms with van der Waals surface area (Å²) in [5, 5.41) is 11.7. The Kier molecular flexibility index (Phi) is 11.1. The molecule has 0 aromatic rings. The lowest BCUT2D eigenvalue weighted by molar-refractivity contribution is -0.123. The molecule has 5 heteroatoms. The fourth-order valence-corrected chi connectivity index (χ4v) is 1.17. The second-order valence-corrected chi connectivity index (χ2v) is 2.99. The van der Waals surface area contributed by atoms with E-state index in [-0.39, 0.29) is 25.7 Å². The maximum absolute atomic E-state index is 10.8. The fraction of sp³-hybridized carbons (Fsp3) is 0.900. The zero-order valence-corrected chi connectivity index (χ0v) is 10.3. The van der Waals surface area contributed by atoms with Gasteiger partial charge in [-0.3, -0.25) is 4.79 Å². The van der Waals surface area contributed by atoms with E-state index in [1.54, 1.807) is 0 Å². The molecule has 1 amide bonds. The van der Waals surface area contributed by atoms with Crippen LogP contribution in [-0.4, -0.2) is 50.6 Å². The highest BCUT2D eigenvalue weighted by Crippen LogP contribution is 2.05. The molecule has 2 N–H and O–H groups in total. The van der Waals surface area contributed by atoms with E-state index in [9.17, 15) is 4.79 Å². The number of aliphatic hydroxyl groups excluding tert-OH is 1. The topological polar surface area (TPSA) is 67.8 Å². The number of amides is 1. The molecular formula is C10H23NO4. The van der Waals surface area contributed by atoms with Gasteiger partial charge in [-0.25, -0.2) is 0 Å². The number of carbonyl (C=O) groups excluding carboxylic acids is 1. The molecule has 5 nitrogen and oxygen atoms in total. The lowest BCUT2D eigenvalue weighted by Gasteiger charge is -2.30. The van der Waals surface area contributed by atoms with Gasteiger partial charge in [0.1, 0.15) is 5.54 Å². The number of nitrogens with one attached hydrogen (secondary N) is 1. The SMILES string of the molecule is CC.COCC(CO)(COC)NC(C)=O. The molecule has 0 aromatic carbocycles. The van der Waals surface area contributed by atoms with Crippen LogP contribution in [0.2, 0.25) is 0 Å². The molecule has 0 heterocycles. The van der Waals surface area contributed by atoms with E-state index < -0.39 is 5.54 Å². The standard InChI is InChI=1S/C8H17NO4.C2H6/c1-7(11)9-8(4-10,5-12-2)6-13-3;1-2/h10H,4-6H2,1-3H3,(H,9,11);1-2H3. The average molecular weight is 221 g/mol. The zero-order chi connectivity index (χ0) is 12.3. The summed E-state index contributed by atoms with van der Waals surface area (Å²) in [6, 6.07) is 0. The number of ether oxygens (including phenoxy) is 2. The van der Waals surface area contributed by atoms with Crippen LogP contribution in [0.3, 0.4) is 0 Å². The van der Waals surface area contributed by atoms with Crippen LogP contribution in [0.1, 0.15) is 20.8 Å². The van der Waals surface area contributed by atoms with E-state index in [4.69, 9.17) is 14.6 Å². The molecule has 0 aliphatic rings. The van der Waals surface area contributed by atoms with Gasteiger partial charge in [0.25, 0.3) is 0 Å². The van der Waals surface area contributed by atoms with E-state index in [0.29, 0.717) is 0 Å². The normalized spacial score (nSPS) is 10.3. The Morgan fingerprint density at radius 3 is 1.87 bits per heavy atom. The zero-order valence-electron chi connectivity index (χ0n) is 10.3. The van der Waals surface area contributed by atoms with E-state index in [0.717, 1.165) is 0 Å². The monoisotopic (exact) mass is 221 g/mol. The van der Waals surface area contributed by atoms with Crippen LogP contribution in [0.15, 0.2) is 0 Å². The molecule has 0 bridgehead atoms. The minimum Gasteiger partial charge on any atom is -0.394 e. The Morgan fingerprint density at radius 1 is 1.27 bits per heavy atom. The first-order valence-corrected chi connectivity index (χ1v) is 4.97. The largest absolute Gasteiger partial charge is 0.394 e. The Morgan fingerprint density at radius 2 is 1.67 bits per heavy atom. The van der Waals surface area contributed by atoms with Crippen molar-refractivity contribution in [1.29, 1.82) is 0 Å². The summed E-state index contributed by atoms with van der Waals surface area (Å²) in [4.78, 5) is 10.8. The minimum absolute atomic E-state index is 0.214. The van der Waals surface area contributed by atoms with Gasteiger partial charge in [-0.15, -0.1) is 0 Å². The molecule has 0 saturated carbocycles. The van der Waals surface area contributed by atoms with Gasteiger partial charge in [0.15, 0.2) is 0 Å². The molecule has 0 atom stereocenters. The molecule has 92 valence electrons. The van der Waals surface area contributed by atoms with Crippen LogP contribution in [0.25, 0.3) is 0 Å². The number of methoxy groups -OCH3 is 2. The number of hydrogen-bond acceptors (Lipinski definition) is 4. The predicted molar refractivity (Wildman–Crippen MR) is 58.7 cm³/mol. The molecule has 0 aliphatic carbocycles. The van der Waals surface area contributed by atoms with Crippen LogP contribution in [0, 0.1) is 0 Å². The highest BCUT2D eigenvalue weighted by Gasteiger charge is 2.30. The Bertz CT molecular complexity index is 156. The van der Waals surface area contributed by atoms with Gasteiger partial charge in [-0.2, -0.15) is 0 Å². The van der Waals surface area contributed by atoms with Gasteiger partial charge >= 0.3 is 0 Å². The molecule has 0 aliphatic heterocycles. The van der Waals surface area contributed by atoms with Crippen molar-refractivity contribution in [3.63, 3.8) is 0 Å². The average Bonchev–Trinajstić information content (AvgIpc) is 2.20. The van der Waals surface area contributed by atoms with Crippen molar-refractivity contribution in [2.45, 2.75) is 26.3 Å². The van der Waals surface area contributed by atoms with E-state index in [2.05, 4.69) is 5.32 Å². The van der Waals surface area contributed by atoms with Crippen LogP contribution in [-0.2, 0) is 14.3 Å². The number of hydrogen-bond donors (Lipinski definition) is 2. The number of aliphatic hydroxyl groups is 1. The second kappa shape index (κ2) is 9.89. The Labute approximate surface area is 91.8 Å². The van der Waals surface area contributed by atoms with Crippen molar-refractivity contribution in [2.75, 3.05) is 34.0 Å². The first-order valence-electron chi connectivity index (χ1n) is 4.97. The molecule has 0 spiro atoms. The minimum atomic E-state index is -0.824. The van der Waals surface area contributed by atoms with Gasteiger partial charge in [0, 0.05) is 21.1 Å². The summed E-state index contributed by atoms with van der Waals surface area (Å²) in [6.07, 6.45) is 0. The highest BCUT2D eigenvalue weighted by atomic mass is 16.5. The Hall–Kier alpha value is -0.650. The van der Waals surface area contributed by atoms with Gasteiger partial charge in [0.2, 0.25) is 5.91 Å². The molecule has 0 fully saturated rings. The summed E-state index contributed by atoms with van der Waals surface area (Å²) < 4.78 is 9.79. The smallest absolute Gasteiger partial charge is 0.217 e. The lowest BCUT2D eigenvalue weighted by Crippen LogP contribution is -2.57. The summed E-state index contributed by atoms with van der Waals surface area (Å²) in [5.41, 5.74) is -0.824. The highest BCUT2D eigenvalue weighted by molar-refractivity contribution is 5.73. The molecular weight excluding hydrogens is 198 g/mol. The third-order valence-corrected chi connectivity index (χ3v) is 1.59. The maximum Gasteiger partial charge on any atom is 0.217 e. The van der Waals surface area contributed by atoms with Gasteiger partial charge < -0.3 is 19.9 Å². The van der Waals surface area contributed by atoms with E-state index >= 15 is 0 Å². The second-order valence-electron chi connectivity index (χ2n) is 2.99. The van der Waals surface area contributed by atoms with Crippen molar-refractivity contribution < 1.29 is 19.4 Å². The van der Waals surface area contributed by atoms with Gasteiger partial charge in [-0.05, 0) is 0 Å². The van der Waals surface area contributed by atoms with Crippen LogP contribution in [0.4, 0.5) is 0 Å². The predicted octanol–water partition coefficient (Wildman–Crippen LogP) is 0.173. The van der Waals surface area contributed by atoms with Gasteiger partial charge in [0.05, 0.1) is 19.8 Å². The Balaban J connectivity index is 0. The summed E-state index contributed by atoms with van der Waals surface area (Å²) in [7, 11) is 3.00.